The minimum atomic E-state index is -0.212. The predicted octanol–water partition coefficient (Wildman–Crippen LogP) is 4.05. The highest BCUT2D eigenvalue weighted by Crippen LogP contribution is 2.31. The lowest BCUT2D eigenvalue weighted by atomic mass is 9.91. The highest BCUT2D eigenvalue weighted by atomic mass is 32.1. The molecule has 6 heteroatoms. The van der Waals surface area contributed by atoms with Crippen LogP contribution in [0.25, 0.3) is 10.8 Å². The van der Waals surface area contributed by atoms with Crippen LogP contribution in [0.4, 0.5) is 0 Å². The number of thiophene rings is 1. The van der Waals surface area contributed by atoms with E-state index < -0.39 is 0 Å². The highest BCUT2D eigenvalue weighted by Gasteiger charge is 2.35. The fourth-order valence-corrected chi connectivity index (χ4v) is 5.07. The standard InChI is InChI=1S/C23H20N2O3S/c26-21-17-6-1-4-16-5-2-7-18(20(16)17)22(27)25(21)14-15-9-11-24(12-10-15)23(28)19-8-3-13-29-19/h1-8,13,15H,9-12,14H2. The molecule has 2 aromatic carbocycles. The van der Waals surface area contributed by atoms with Crippen LogP contribution in [0.1, 0.15) is 43.2 Å². The van der Waals surface area contributed by atoms with Crippen molar-refractivity contribution in [2.24, 2.45) is 5.92 Å². The zero-order chi connectivity index (χ0) is 20.0. The van der Waals surface area contributed by atoms with Crippen molar-refractivity contribution in [1.82, 2.24) is 9.80 Å². The molecule has 5 rings (SSSR count). The maximum atomic E-state index is 13.1. The van der Waals surface area contributed by atoms with Crippen molar-refractivity contribution < 1.29 is 14.4 Å². The summed E-state index contributed by atoms with van der Waals surface area (Å²) in [4.78, 5) is 42.7. The van der Waals surface area contributed by atoms with Gasteiger partial charge in [0.25, 0.3) is 17.7 Å². The van der Waals surface area contributed by atoms with Crippen molar-refractivity contribution in [1.29, 1.82) is 0 Å². The van der Waals surface area contributed by atoms with E-state index in [-0.39, 0.29) is 23.6 Å². The van der Waals surface area contributed by atoms with Crippen LogP contribution >= 0.6 is 11.3 Å². The van der Waals surface area contributed by atoms with E-state index in [0.717, 1.165) is 28.5 Å². The Hall–Kier alpha value is -2.99. The summed E-state index contributed by atoms with van der Waals surface area (Å²) in [6.45, 7) is 1.72. The van der Waals surface area contributed by atoms with Crippen LogP contribution in [-0.2, 0) is 0 Å². The van der Waals surface area contributed by atoms with Gasteiger partial charge in [-0.05, 0) is 47.7 Å². The molecule has 0 saturated carbocycles. The van der Waals surface area contributed by atoms with E-state index in [1.165, 1.54) is 16.2 Å². The molecule has 146 valence electrons. The molecule has 0 aliphatic carbocycles. The molecule has 3 heterocycles. The number of imide groups is 1. The van der Waals surface area contributed by atoms with Gasteiger partial charge in [-0.3, -0.25) is 19.3 Å². The third kappa shape index (κ3) is 3.04. The molecular formula is C23H20N2O3S. The van der Waals surface area contributed by atoms with Crippen LogP contribution in [0.5, 0.6) is 0 Å². The molecule has 1 aromatic heterocycles. The van der Waals surface area contributed by atoms with Gasteiger partial charge in [-0.1, -0.05) is 30.3 Å². The second-order valence-corrected chi connectivity index (χ2v) is 8.59. The second-order valence-electron chi connectivity index (χ2n) is 7.64. The third-order valence-corrected chi connectivity index (χ3v) is 6.79. The summed E-state index contributed by atoms with van der Waals surface area (Å²) in [6.07, 6.45) is 1.58. The van der Waals surface area contributed by atoms with E-state index in [0.29, 0.717) is 30.8 Å². The molecule has 3 aromatic rings. The molecule has 0 unspecified atom stereocenters. The highest BCUT2D eigenvalue weighted by molar-refractivity contribution is 7.12. The Labute approximate surface area is 172 Å². The lowest BCUT2D eigenvalue weighted by Gasteiger charge is -2.35. The smallest absolute Gasteiger partial charge is 0.263 e. The average Bonchev–Trinajstić information content (AvgIpc) is 3.30. The Bertz CT molecular complexity index is 1060. The molecule has 1 saturated heterocycles. The Morgan fingerprint density at radius 2 is 1.59 bits per heavy atom. The van der Waals surface area contributed by atoms with Crippen molar-refractivity contribution in [3.8, 4) is 0 Å². The van der Waals surface area contributed by atoms with Crippen molar-refractivity contribution in [3.05, 3.63) is 69.9 Å². The molecule has 3 amide bonds. The first-order valence-electron chi connectivity index (χ1n) is 9.84. The summed E-state index contributed by atoms with van der Waals surface area (Å²) >= 11 is 1.46. The minimum Gasteiger partial charge on any atom is -0.338 e. The van der Waals surface area contributed by atoms with Crippen molar-refractivity contribution >= 4 is 39.8 Å². The predicted molar refractivity (Wildman–Crippen MR) is 112 cm³/mol. The van der Waals surface area contributed by atoms with Crippen molar-refractivity contribution in [3.63, 3.8) is 0 Å². The fourth-order valence-electron chi connectivity index (χ4n) is 4.38. The summed E-state index contributed by atoms with van der Waals surface area (Å²) in [7, 11) is 0. The molecule has 0 radical (unpaired) electrons. The molecular weight excluding hydrogens is 384 g/mol. The normalized spacial score (nSPS) is 17.2. The summed E-state index contributed by atoms with van der Waals surface area (Å²) in [5.41, 5.74) is 1.20. The van der Waals surface area contributed by atoms with Crippen molar-refractivity contribution in [2.75, 3.05) is 19.6 Å². The van der Waals surface area contributed by atoms with Crippen LogP contribution < -0.4 is 0 Å². The Kier molecular flexibility index (Phi) is 4.43. The van der Waals surface area contributed by atoms with E-state index in [1.54, 1.807) is 12.1 Å². The first kappa shape index (κ1) is 18.1. The van der Waals surface area contributed by atoms with E-state index in [9.17, 15) is 14.4 Å². The quantitative estimate of drug-likeness (QED) is 0.619. The van der Waals surface area contributed by atoms with Gasteiger partial charge >= 0.3 is 0 Å². The van der Waals surface area contributed by atoms with Crippen LogP contribution in [0.2, 0.25) is 0 Å². The van der Waals surface area contributed by atoms with Gasteiger partial charge in [-0.25, -0.2) is 0 Å². The minimum absolute atomic E-state index is 0.0733. The van der Waals surface area contributed by atoms with E-state index in [1.807, 2.05) is 46.7 Å². The van der Waals surface area contributed by atoms with Crippen LogP contribution in [0.3, 0.4) is 0 Å². The molecule has 1 fully saturated rings. The molecule has 5 nitrogen and oxygen atoms in total. The van der Waals surface area contributed by atoms with Gasteiger partial charge in [0.1, 0.15) is 0 Å². The van der Waals surface area contributed by atoms with Gasteiger partial charge in [0.15, 0.2) is 0 Å². The van der Waals surface area contributed by atoms with E-state index in [2.05, 4.69) is 0 Å². The number of rotatable bonds is 3. The number of benzene rings is 2. The maximum Gasteiger partial charge on any atom is 0.263 e. The number of hydrogen-bond acceptors (Lipinski definition) is 4. The number of hydrogen-bond donors (Lipinski definition) is 0. The number of likely N-dealkylation sites (tertiary alicyclic amines) is 1. The van der Waals surface area contributed by atoms with Gasteiger partial charge in [0, 0.05) is 36.1 Å². The number of amides is 3. The summed E-state index contributed by atoms with van der Waals surface area (Å²) in [6, 6.07) is 14.9. The van der Waals surface area contributed by atoms with Gasteiger partial charge in [0.05, 0.1) is 4.88 Å². The Morgan fingerprint density at radius 1 is 0.931 bits per heavy atom. The number of carbonyl (C=O) groups excluding carboxylic acids is 3. The van der Waals surface area contributed by atoms with Gasteiger partial charge in [-0.15, -0.1) is 11.3 Å². The summed E-state index contributed by atoms with van der Waals surface area (Å²) in [5, 5.41) is 3.59. The average molecular weight is 404 g/mol. The molecule has 0 N–H and O–H groups in total. The first-order chi connectivity index (χ1) is 14.1. The van der Waals surface area contributed by atoms with Crippen LogP contribution in [0.15, 0.2) is 53.9 Å². The molecule has 2 aliphatic rings. The molecule has 0 bridgehead atoms. The summed E-state index contributed by atoms with van der Waals surface area (Å²) < 4.78 is 0. The first-order valence-corrected chi connectivity index (χ1v) is 10.7. The zero-order valence-electron chi connectivity index (χ0n) is 15.8. The topological polar surface area (TPSA) is 57.7 Å². The van der Waals surface area contributed by atoms with E-state index in [4.69, 9.17) is 0 Å². The molecule has 0 atom stereocenters. The number of carbonyl (C=O) groups is 3. The van der Waals surface area contributed by atoms with Gasteiger partial charge in [0.2, 0.25) is 0 Å². The largest absolute Gasteiger partial charge is 0.338 e. The fraction of sp³-hybridized carbons (Fsp3) is 0.261. The van der Waals surface area contributed by atoms with Gasteiger partial charge < -0.3 is 4.90 Å². The van der Waals surface area contributed by atoms with Crippen LogP contribution in [0, 0.1) is 5.92 Å². The Morgan fingerprint density at radius 3 is 2.17 bits per heavy atom. The van der Waals surface area contributed by atoms with Crippen molar-refractivity contribution in [2.45, 2.75) is 12.8 Å². The maximum absolute atomic E-state index is 13.1. The SMILES string of the molecule is O=C(c1cccs1)N1CCC(CN2C(=O)c3cccc4cccc(c34)C2=O)CC1. The van der Waals surface area contributed by atoms with Gasteiger partial charge in [-0.2, -0.15) is 0 Å². The molecule has 0 spiro atoms. The van der Waals surface area contributed by atoms with Crippen LogP contribution in [-0.4, -0.2) is 47.2 Å². The Balaban J connectivity index is 1.31. The molecule has 2 aliphatic heterocycles. The second kappa shape index (κ2) is 7.12. The third-order valence-electron chi connectivity index (χ3n) is 5.93. The monoisotopic (exact) mass is 404 g/mol. The lowest BCUT2D eigenvalue weighted by molar-refractivity contribution is 0.0525. The number of piperidine rings is 1. The number of nitrogens with zero attached hydrogens (tertiary/aromatic N) is 2. The zero-order valence-corrected chi connectivity index (χ0v) is 16.7. The lowest BCUT2D eigenvalue weighted by Crippen LogP contribution is -2.46. The molecule has 29 heavy (non-hydrogen) atoms. The summed E-state index contributed by atoms with van der Waals surface area (Å²) in [5.74, 6) is -0.142. The van der Waals surface area contributed by atoms with E-state index >= 15 is 0 Å².